The van der Waals surface area contributed by atoms with Crippen LogP contribution in [0, 0.1) is 10.1 Å². The number of nitrogens with zero attached hydrogens (tertiary/aromatic N) is 1. The first kappa shape index (κ1) is 18.9. The lowest BCUT2D eigenvalue weighted by molar-refractivity contribution is -0.384. The van der Waals surface area contributed by atoms with E-state index in [4.69, 9.17) is 9.47 Å². The summed E-state index contributed by atoms with van der Waals surface area (Å²) in [5.74, 6) is 0.332. The monoisotopic (exact) mass is 378 g/mol. The summed E-state index contributed by atoms with van der Waals surface area (Å²) >= 11 is 0. The van der Waals surface area contributed by atoms with Gasteiger partial charge >= 0.3 is 6.09 Å². The highest BCUT2D eigenvalue weighted by molar-refractivity contribution is 5.88. The van der Waals surface area contributed by atoms with Crippen LogP contribution in [0.25, 0.3) is 0 Å². The van der Waals surface area contributed by atoms with E-state index in [9.17, 15) is 14.9 Å². The number of anilines is 1. The SMILES string of the molecule is O=C(Nc1ccc(OCc2ccccc2)cc1[N+](=O)[O-])OCc1ccccc1. The summed E-state index contributed by atoms with van der Waals surface area (Å²) in [4.78, 5) is 22.8. The topological polar surface area (TPSA) is 90.7 Å². The Morgan fingerprint density at radius 2 is 1.50 bits per heavy atom. The van der Waals surface area contributed by atoms with Crippen molar-refractivity contribution in [2.24, 2.45) is 0 Å². The van der Waals surface area contributed by atoms with Gasteiger partial charge in [0.15, 0.2) is 0 Å². The third-order valence-corrected chi connectivity index (χ3v) is 3.86. The molecule has 0 aliphatic carbocycles. The number of nitro benzene ring substituents is 1. The molecular weight excluding hydrogens is 360 g/mol. The van der Waals surface area contributed by atoms with Crippen LogP contribution in [0.1, 0.15) is 11.1 Å². The Hall–Kier alpha value is -3.87. The van der Waals surface area contributed by atoms with Crippen molar-refractivity contribution < 1.29 is 19.2 Å². The maximum Gasteiger partial charge on any atom is 0.412 e. The van der Waals surface area contributed by atoms with Gasteiger partial charge in [0, 0.05) is 0 Å². The Morgan fingerprint density at radius 1 is 0.893 bits per heavy atom. The van der Waals surface area contributed by atoms with E-state index < -0.39 is 11.0 Å². The first-order chi connectivity index (χ1) is 13.6. The number of carbonyl (C=O) groups excluding carboxylic acids is 1. The summed E-state index contributed by atoms with van der Waals surface area (Å²) in [6.45, 7) is 0.350. The minimum atomic E-state index is -0.773. The smallest absolute Gasteiger partial charge is 0.412 e. The molecule has 3 aromatic carbocycles. The predicted octanol–water partition coefficient (Wildman–Crippen LogP) is 4.92. The quantitative estimate of drug-likeness (QED) is 0.465. The average molecular weight is 378 g/mol. The lowest BCUT2D eigenvalue weighted by Gasteiger charge is -2.10. The minimum Gasteiger partial charge on any atom is -0.489 e. The molecule has 3 aromatic rings. The second kappa shape index (κ2) is 9.18. The number of ether oxygens (including phenoxy) is 2. The Kier molecular flexibility index (Phi) is 6.20. The van der Waals surface area contributed by atoms with E-state index in [0.29, 0.717) is 5.75 Å². The molecule has 0 radical (unpaired) electrons. The summed E-state index contributed by atoms with van der Waals surface area (Å²) in [5.41, 5.74) is 1.52. The zero-order chi connectivity index (χ0) is 19.8. The second-order valence-corrected chi connectivity index (χ2v) is 5.90. The number of hydrogen-bond donors (Lipinski definition) is 1. The van der Waals surface area contributed by atoms with Crippen molar-refractivity contribution in [3.8, 4) is 5.75 Å². The maximum absolute atomic E-state index is 12.0. The minimum absolute atomic E-state index is 0.0372. The van der Waals surface area contributed by atoms with E-state index in [0.717, 1.165) is 11.1 Å². The van der Waals surface area contributed by atoms with Gasteiger partial charge in [-0.25, -0.2) is 4.79 Å². The van der Waals surface area contributed by atoms with Crippen molar-refractivity contribution in [2.45, 2.75) is 13.2 Å². The van der Waals surface area contributed by atoms with Crippen molar-refractivity contribution in [3.63, 3.8) is 0 Å². The Labute approximate surface area is 161 Å². The number of nitro groups is 1. The summed E-state index contributed by atoms with van der Waals surface area (Å²) in [6.07, 6.45) is -0.773. The van der Waals surface area contributed by atoms with Gasteiger partial charge in [-0.15, -0.1) is 0 Å². The third-order valence-electron chi connectivity index (χ3n) is 3.86. The number of benzene rings is 3. The summed E-state index contributed by atoms with van der Waals surface area (Å²) < 4.78 is 10.7. The molecule has 7 heteroatoms. The molecule has 0 bridgehead atoms. The molecular formula is C21H18N2O5. The van der Waals surface area contributed by atoms with Crippen LogP contribution in [-0.2, 0) is 18.0 Å². The largest absolute Gasteiger partial charge is 0.489 e. The Bertz CT molecular complexity index is 946. The number of nitrogens with one attached hydrogen (secondary N) is 1. The average Bonchev–Trinajstić information content (AvgIpc) is 2.73. The van der Waals surface area contributed by atoms with Crippen molar-refractivity contribution in [2.75, 3.05) is 5.32 Å². The molecule has 0 saturated carbocycles. The molecule has 0 spiro atoms. The van der Waals surface area contributed by atoms with Crippen LogP contribution >= 0.6 is 0 Å². The molecule has 0 aromatic heterocycles. The Morgan fingerprint density at radius 3 is 2.11 bits per heavy atom. The van der Waals surface area contributed by atoms with Crippen LogP contribution in [0.4, 0.5) is 16.2 Å². The first-order valence-corrected chi connectivity index (χ1v) is 8.54. The zero-order valence-electron chi connectivity index (χ0n) is 14.9. The van der Waals surface area contributed by atoms with E-state index in [1.807, 2.05) is 60.7 Å². The standard InChI is InChI=1S/C21H18N2O5/c24-21(28-15-17-9-5-2-6-10-17)22-19-12-11-18(13-20(19)23(25)26)27-14-16-7-3-1-4-8-16/h1-13H,14-15H2,(H,22,24). The normalized spacial score (nSPS) is 10.1. The van der Waals surface area contributed by atoms with Crippen LogP contribution < -0.4 is 10.1 Å². The van der Waals surface area contributed by atoms with Gasteiger partial charge in [0.1, 0.15) is 24.7 Å². The van der Waals surface area contributed by atoms with E-state index >= 15 is 0 Å². The molecule has 0 aliphatic rings. The van der Waals surface area contributed by atoms with Crippen LogP contribution in [0.3, 0.4) is 0 Å². The van der Waals surface area contributed by atoms with Gasteiger partial charge < -0.3 is 9.47 Å². The molecule has 0 unspecified atom stereocenters. The molecule has 1 amide bonds. The van der Waals surface area contributed by atoms with Gasteiger partial charge in [0.25, 0.3) is 5.69 Å². The summed E-state index contributed by atoms with van der Waals surface area (Å²) in [7, 11) is 0. The van der Waals surface area contributed by atoms with Gasteiger partial charge in [0.2, 0.25) is 0 Å². The molecule has 0 atom stereocenters. The van der Waals surface area contributed by atoms with E-state index in [2.05, 4.69) is 5.32 Å². The number of rotatable bonds is 7. The zero-order valence-corrected chi connectivity index (χ0v) is 14.9. The van der Waals surface area contributed by atoms with Crippen LogP contribution in [-0.4, -0.2) is 11.0 Å². The molecule has 0 saturated heterocycles. The number of hydrogen-bond acceptors (Lipinski definition) is 5. The fourth-order valence-corrected chi connectivity index (χ4v) is 2.47. The third kappa shape index (κ3) is 5.31. The fourth-order valence-electron chi connectivity index (χ4n) is 2.47. The maximum atomic E-state index is 12.0. The van der Waals surface area contributed by atoms with Crippen molar-refractivity contribution >= 4 is 17.5 Å². The highest BCUT2D eigenvalue weighted by Gasteiger charge is 2.18. The van der Waals surface area contributed by atoms with Gasteiger partial charge in [-0.1, -0.05) is 60.7 Å². The lowest BCUT2D eigenvalue weighted by Crippen LogP contribution is -2.14. The van der Waals surface area contributed by atoms with Crippen LogP contribution in [0.5, 0.6) is 5.75 Å². The van der Waals surface area contributed by atoms with Gasteiger partial charge in [-0.3, -0.25) is 15.4 Å². The first-order valence-electron chi connectivity index (χ1n) is 8.54. The second-order valence-electron chi connectivity index (χ2n) is 5.90. The number of amides is 1. The van der Waals surface area contributed by atoms with Crippen molar-refractivity contribution in [1.29, 1.82) is 0 Å². The summed E-state index contributed by atoms with van der Waals surface area (Å²) in [6, 6.07) is 22.8. The molecule has 142 valence electrons. The van der Waals surface area contributed by atoms with Gasteiger partial charge in [-0.2, -0.15) is 0 Å². The van der Waals surface area contributed by atoms with Crippen molar-refractivity contribution in [3.05, 3.63) is 100 Å². The Balaban J connectivity index is 1.63. The molecule has 0 aliphatic heterocycles. The van der Waals surface area contributed by atoms with E-state index in [1.165, 1.54) is 12.1 Å². The molecule has 0 heterocycles. The van der Waals surface area contributed by atoms with Crippen molar-refractivity contribution in [1.82, 2.24) is 0 Å². The summed E-state index contributed by atoms with van der Waals surface area (Å²) in [5, 5.41) is 13.8. The van der Waals surface area contributed by atoms with E-state index in [1.54, 1.807) is 6.07 Å². The predicted molar refractivity (Wildman–Crippen MR) is 104 cm³/mol. The number of carbonyl (C=O) groups is 1. The van der Waals surface area contributed by atoms with E-state index in [-0.39, 0.29) is 24.6 Å². The van der Waals surface area contributed by atoms with Gasteiger partial charge in [-0.05, 0) is 23.3 Å². The molecule has 28 heavy (non-hydrogen) atoms. The molecule has 7 nitrogen and oxygen atoms in total. The highest BCUT2D eigenvalue weighted by Crippen LogP contribution is 2.29. The van der Waals surface area contributed by atoms with Crippen LogP contribution in [0.2, 0.25) is 0 Å². The highest BCUT2D eigenvalue weighted by atomic mass is 16.6. The van der Waals surface area contributed by atoms with Crippen LogP contribution in [0.15, 0.2) is 78.9 Å². The lowest BCUT2D eigenvalue weighted by atomic mass is 10.2. The fraction of sp³-hybridized carbons (Fsp3) is 0.0952. The molecule has 0 fully saturated rings. The molecule has 3 rings (SSSR count). The van der Waals surface area contributed by atoms with Gasteiger partial charge in [0.05, 0.1) is 11.0 Å². The molecule has 1 N–H and O–H groups in total.